The molecule has 0 atom stereocenters. The minimum Gasteiger partial charge on any atom is -0.423 e. The fraction of sp³-hybridized carbons (Fsp3) is 0.130. The van der Waals surface area contributed by atoms with Crippen LogP contribution < -0.4 is 16.0 Å². The average Bonchev–Trinajstić information content (AvgIpc) is 3.17. The SMILES string of the molecule is Cn1c(=O)c2c(nc(Oc3ccc(Cl)c4cccnc34)n2Cc2ccc(Br)cc2)n(C)c1=O. The number of aryl methyl sites for hydroxylation is 1. The van der Waals surface area contributed by atoms with Crippen molar-refractivity contribution in [3.63, 3.8) is 0 Å². The van der Waals surface area contributed by atoms with Gasteiger partial charge in [0.05, 0.1) is 11.6 Å². The van der Waals surface area contributed by atoms with E-state index < -0.39 is 11.2 Å². The van der Waals surface area contributed by atoms with Gasteiger partial charge in [0.15, 0.2) is 16.9 Å². The standard InChI is InChI=1S/C23H17BrClN5O3/c1-28-20-19(21(31)29(2)23(28)32)30(12-13-5-7-14(24)8-6-13)22(27-20)33-17-10-9-16(25)15-4-3-11-26-18(15)17/h3-11H,12H2,1-2H3. The first-order chi connectivity index (χ1) is 15.8. The molecule has 0 saturated heterocycles. The van der Waals surface area contributed by atoms with Crippen LogP contribution in [0.4, 0.5) is 0 Å². The molecular formula is C23H17BrClN5O3. The first kappa shape index (κ1) is 21.4. The molecule has 0 aliphatic rings. The molecule has 0 N–H and O–H groups in total. The zero-order chi connectivity index (χ0) is 23.3. The van der Waals surface area contributed by atoms with E-state index in [1.807, 2.05) is 30.3 Å². The Hall–Kier alpha value is -3.43. The second-order valence-corrected chi connectivity index (χ2v) is 8.85. The molecule has 0 amide bonds. The van der Waals surface area contributed by atoms with E-state index in [2.05, 4.69) is 25.9 Å². The molecule has 5 rings (SSSR count). The van der Waals surface area contributed by atoms with Crippen LogP contribution in [0.5, 0.6) is 11.8 Å². The lowest BCUT2D eigenvalue weighted by Gasteiger charge is -2.12. The normalized spacial score (nSPS) is 11.4. The van der Waals surface area contributed by atoms with Gasteiger partial charge in [0, 0.05) is 30.2 Å². The number of benzene rings is 2. The van der Waals surface area contributed by atoms with Crippen molar-refractivity contribution in [2.75, 3.05) is 0 Å². The summed E-state index contributed by atoms with van der Waals surface area (Å²) in [5, 5.41) is 1.28. The van der Waals surface area contributed by atoms with Gasteiger partial charge in [-0.2, -0.15) is 4.98 Å². The largest absolute Gasteiger partial charge is 0.423 e. The molecule has 5 aromatic rings. The van der Waals surface area contributed by atoms with Crippen LogP contribution in [0.1, 0.15) is 5.56 Å². The summed E-state index contributed by atoms with van der Waals surface area (Å²) >= 11 is 9.76. The van der Waals surface area contributed by atoms with E-state index in [1.165, 1.54) is 11.6 Å². The highest BCUT2D eigenvalue weighted by Gasteiger charge is 2.22. The molecule has 2 aromatic carbocycles. The van der Waals surface area contributed by atoms with Crippen molar-refractivity contribution in [2.45, 2.75) is 6.54 Å². The Bertz CT molecular complexity index is 1650. The van der Waals surface area contributed by atoms with Crippen LogP contribution in [-0.4, -0.2) is 23.7 Å². The van der Waals surface area contributed by atoms with Crippen LogP contribution in [0.3, 0.4) is 0 Å². The highest BCUT2D eigenvalue weighted by Crippen LogP contribution is 2.33. The van der Waals surface area contributed by atoms with Gasteiger partial charge in [-0.3, -0.25) is 23.5 Å². The van der Waals surface area contributed by atoms with Crippen LogP contribution in [0.25, 0.3) is 22.1 Å². The molecule has 10 heteroatoms. The average molecular weight is 527 g/mol. The van der Waals surface area contributed by atoms with Crippen LogP contribution >= 0.6 is 27.5 Å². The molecule has 0 radical (unpaired) electrons. The second kappa shape index (κ2) is 8.17. The zero-order valence-electron chi connectivity index (χ0n) is 17.6. The van der Waals surface area contributed by atoms with Crippen molar-refractivity contribution >= 4 is 49.6 Å². The van der Waals surface area contributed by atoms with Gasteiger partial charge >= 0.3 is 11.7 Å². The van der Waals surface area contributed by atoms with E-state index in [1.54, 1.807) is 36.0 Å². The maximum atomic E-state index is 13.1. The predicted octanol–water partition coefficient (Wildman–Crippen LogP) is 4.24. The van der Waals surface area contributed by atoms with Crippen molar-refractivity contribution in [2.24, 2.45) is 14.1 Å². The van der Waals surface area contributed by atoms with Gasteiger partial charge in [-0.05, 0) is 42.0 Å². The number of imidazole rings is 1. The molecule has 166 valence electrons. The molecule has 0 aliphatic carbocycles. The summed E-state index contributed by atoms with van der Waals surface area (Å²) in [6.07, 6.45) is 1.65. The summed E-state index contributed by atoms with van der Waals surface area (Å²) in [6.45, 7) is 0.311. The van der Waals surface area contributed by atoms with E-state index in [4.69, 9.17) is 16.3 Å². The van der Waals surface area contributed by atoms with E-state index >= 15 is 0 Å². The van der Waals surface area contributed by atoms with Gasteiger partial charge < -0.3 is 4.74 Å². The van der Waals surface area contributed by atoms with Crippen molar-refractivity contribution in [3.8, 4) is 11.8 Å². The van der Waals surface area contributed by atoms with Crippen LogP contribution in [0.2, 0.25) is 5.02 Å². The van der Waals surface area contributed by atoms with E-state index in [9.17, 15) is 9.59 Å². The Morgan fingerprint density at radius 1 is 1.03 bits per heavy atom. The monoisotopic (exact) mass is 525 g/mol. The quantitative estimate of drug-likeness (QED) is 0.350. The predicted molar refractivity (Wildman–Crippen MR) is 130 cm³/mol. The van der Waals surface area contributed by atoms with Crippen molar-refractivity contribution in [1.82, 2.24) is 23.7 Å². The molecule has 33 heavy (non-hydrogen) atoms. The van der Waals surface area contributed by atoms with Crippen molar-refractivity contribution < 1.29 is 4.74 Å². The molecule has 0 fully saturated rings. The number of halogens is 2. The number of hydrogen-bond donors (Lipinski definition) is 0. The first-order valence-electron chi connectivity index (χ1n) is 9.97. The van der Waals surface area contributed by atoms with Crippen molar-refractivity contribution in [1.29, 1.82) is 0 Å². The highest BCUT2D eigenvalue weighted by atomic mass is 79.9. The second-order valence-electron chi connectivity index (χ2n) is 7.53. The van der Waals surface area contributed by atoms with Crippen LogP contribution in [0, 0.1) is 0 Å². The Morgan fingerprint density at radius 3 is 2.55 bits per heavy atom. The lowest BCUT2D eigenvalue weighted by Crippen LogP contribution is -2.37. The third-order valence-corrected chi connectivity index (χ3v) is 6.31. The third-order valence-electron chi connectivity index (χ3n) is 5.45. The molecule has 8 nitrogen and oxygen atoms in total. The summed E-state index contributed by atoms with van der Waals surface area (Å²) in [6, 6.07) is 14.9. The van der Waals surface area contributed by atoms with Gasteiger partial charge in [0.25, 0.3) is 5.56 Å². The van der Waals surface area contributed by atoms with Gasteiger partial charge in [-0.1, -0.05) is 39.7 Å². The Kier molecular flexibility index (Phi) is 5.30. The molecule has 0 saturated carbocycles. The summed E-state index contributed by atoms with van der Waals surface area (Å²) < 4.78 is 11.2. The highest BCUT2D eigenvalue weighted by molar-refractivity contribution is 9.10. The number of nitrogens with zero attached hydrogens (tertiary/aromatic N) is 5. The molecule has 0 aliphatic heterocycles. The Balaban J connectivity index is 1.75. The topological polar surface area (TPSA) is 83.9 Å². The fourth-order valence-corrected chi connectivity index (χ4v) is 4.20. The summed E-state index contributed by atoms with van der Waals surface area (Å²) in [4.78, 5) is 34.5. The first-order valence-corrected chi connectivity index (χ1v) is 11.1. The fourth-order valence-electron chi connectivity index (χ4n) is 3.72. The Morgan fingerprint density at radius 2 is 1.79 bits per heavy atom. The van der Waals surface area contributed by atoms with Crippen LogP contribution in [0.15, 0.2) is 68.8 Å². The van der Waals surface area contributed by atoms with E-state index in [0.717, 1.165) is 20.0 Å². The zero-order valence-corrected chi connectivity index (χ0v) is 20.0. The van der Waals surface area contributed by atoms with Gasteiger partial charge in [0.2, 0.25) is 0 Å². The molecule has 0 bridgehead atoms. The molecule has 3 heterocycles. The number of aromatic nitrogens is 5. The number of pyridine rings is 1. The number of fused-ring (bicyclic) bond motifs is 2. The van der Waals surface area contributed by atoms with Crippen LogP contribution in [-0.2, 0) is 20.6 Å². The summed E-state index contributed by atoms with van der Waals surface area (Å²) in [5.41, 5.74) is 1.08. The number of ether oxygens (including phenoxy) is 1. The lowest BCUT2D eigenvalue weighted by atomic mass is 10.2. The molecular weight excluding hydrogens is 510 g/mol. The Labute approximate surface area is 200 Å². The summed E-state index contributed by atoms with van der Waals surface area (Å²) in [5.74, 6) is 0.434. The van der Waals surface area contributed by atoms with Crippen molar-refractivity contribution in [3.05, 3.63) is 90.6 Å². The van der Waals surface area contributed by atoms with Gasteiger partial charge in [-0.25, -0.2) is 4.79 Å². The van der Waals surface area contributed by atoms with E-state index in [0.29, 0.717) is 22.8 Å². The molecule has 0 unspecified atom stereocenters. The van der Waals surface area contributed by atoms with Gasteiger partial charge in [0.1, 0.15) is 5.52 Å². The van der Waals surface area contributed by atoms with Gasteiger partial charge in [-0.15, -0.1) is 0 Å². The third kappa shape index (κ3) is 3.63. The van der Waals surface area contributed by atoms with E-state index in [-0.39, 0.29) is 17.2 Å². The lowest BCUT2D eigenvalue weighted by molar-refractivity contribution is 0.424. The summed E-state index contributed by atoms with van der Waals surface area (Å²) in [7, 11) is 3.02. The minimum absolute atomic E-state index is 0.167. The minimum atomic E-state index is -0.467. The maximum absolute atomic E-state index is 13.1. The molecule has 0 spiro atoms. The smallest absolute Gasteiger partial charge is 0.332 e. The number of hydrogen-bond acceptors (Lipinski definition) is 5. The number of rotatable bonds is 4. The maximum Gasteiger partial charge on any atom is 0.332 e. The molecule has 3 aromatic heterocycles.